The number of nitrogens with one attached hydrogen (secondary N) is 2. The molecule has 3 rings (SSSR count). The zero-order valence-corrected chi connectivity index (χ0v) is 18.2. The molecule has 0 radical (unpaired) electrons. The van der Waals surface area contributed by atoms with E-state index in [1.165, 1.54) is 35.4 Å². The fourth-order valence-electron chi connectivity index (χ4n) is 3.43. The summed E-state index contributed by atoms with van der Waals surface area (Å²) in [4.78, 5) is 15.9. The number of rotatable bonds is 4. The van der Waals surface area contributed by atoms with Gasteiger partial charge in [-0.1, -0.05) is 12.1 Å². The first kappa shape index (κ1) is 21.0. The Morgan fingerprint density at radius 1 is 1.24 bits per heavy atom. The Bertz CT molecular complexity index is 1110. The monoisotopic (exact) mass is 430 g/mol. The van der Waals surface area contributed by atoms with E-state index < -0.39 is 26.5 Å². The van der Waals surface area contributed by atoms with Crippen molar-refractivity contribution in [3.63, 3.8) is 0 Å². The van der Waals surface area contributed by atoms with Crippen molar-refractivity contribution in [2.24, 2.45) is 0 Å². The molecule has 1 aliphatic rings. The van der Waals surface area contributed by atoms with Crippen molar-refractivity contribution in [1.29, 1.82) is 10.7 Å². The summed E-state index contributed by atoms with van der Waals surface area (Å²) >= 11 is 1.27. The van der Waals surface area contributed by atoms with Crippen LogP contribution in [0.1, 0.15) is 42.0 Å². The van der Waals surface area contributed by atoms with Crippen LogP contribution in [0.3, 0.4) is 0 Å². The van der Waals surface area contributed by atoms with E-state index in [-0.39, 0.29) is 16.8 Å². The molecule has 1 saturated heterocycles. The Balaban J connectivity index is 2.11. The van der Waals surface area contributed by atoms with Crippen LogP contribution in [0.4, 0.5) is 0 Å². The second-order valence-corrected chi connectivity index (χ2v) is 11.0. The number of nitrogens with zero attached hydrogens (tertiary/aromatic N) is 2. The number of hydrogen-bond donors (Lipinski definition) is 2. The summed E-state index contributed by atoms with van der Waals surface area (Å²) in [5.41, 5.74) is -0.308. The van der Waals surface area contributed by atoms with Gasteiger partial charge in [0.05, 0.1) is 21.6 Å². The van der Waals surface area contributed by atoms with Crippen LogP contribution in [0.25, 0.3) is 0 Å². The summed E-state index contributed by atoms with van der Waals surface area (Å²) in [6.45, 7) is 5.07. The molecule has 2 heterocycles. The van der Waals surface area contributed by atoms with Gasteiger partial charge in [-0.15, -0.1) is 11.3 Å². The number of nitriles is 1. The minimum atomic E-state index is -3.42. The molecule has 1 amide bonds. The average Bonchev–Trinajstić information content (AvgIpc) is 3.16. The van der Waals surface area contributed by atoms with Gasteiger partial charge < -0.3 is 5.32 Å². The number of guanidine groups is 1. The Kier molecular flexibility index (Phi) is 5.28. The second kappa shape index (κ2) is 7.28. The maximum Gasteiger partial charge on any atom is 0.239 e. The van der Waals surface area contributed by atoms with E-state index in [9.17, 15) is 18.5 Å². The van der Waals surface area contributed by atoms with Gasteiger partial charge in [0.2, 0.25) is 5.91 Å². The quantitative estimate of drug-likeness (QED) is 0.774. The lowest BCUT2D eigenvalue weighted by Crippen LogP contribution is -2.62. The predicted octanol–water partition coefficient (Wildman–Crippen LogP) is 2.80. The van der Waals surface area contributed by atoms with E-state index in [4.69, 9.17) is 5.41 Å². The van der Waals surface area contributed by atoms with Crippen LogP contribution < -0.4 is 5.32 Å². The summed E-state index contributed by atoms with van der Waals surface area (Å²) in [7, 11) is -1.89. The van der Waals surface area contributed by atoms with Gasteiger partial charge in [-0.3, -0.25) is 15.1 Å². The molecule has 0 saturated carbocycles. The molecule has 29 heavy (non-hydrogen) atoms. The maximum atomic E-state index is 13.2. The van der Waals surface area contributed by atoms with Crippen molar-refractivity contribution in [3.05, 3.63) is 51.7 Å². The molecule has 2 atom stereocenters. The minimum absolute atomic E-state index is 0.0281. The second-order valence-electron chi connectivity index (χ2n) is 7.44. The lowest BCUT2D eigenvalue weighted by atomic mass is 9.77. The lowest BCUT2D eigenvalue weighted by molar-refractivity contribution is -0.131. The molecular weight excluding hydrogens is 408 g/mol. The van der Waals surface area contributed by atoms with Crippen LogP contribution in [0, 0.1) is 16.7 Å². The fraction of sp³-hybridized carbons (Fsp3) is 0.350. The summed E-state index contributed by atoms with van der Waals surface area (Å²) < 4.78 is 24.8. The van der Waals surface area contributed by atoms with Gasteiger partial charge >= 0.3 is 0 Å². The van der Waals surface area contributed by atoms with E-state index in [1.54, 1.807) is 38.1 Å². The summed E-state index contributed by atoms with van der Waals surface area (Å²) in [5, 5.41) is 19.9. The summed E-state index contributed by atoms with van der Waals surface area (Å²) in [6.07, 6.45) is 0. The summed E-state index contributed by atoms with van der Waals surface area (Å²) in [6, 6.07) is 11.9. The number of carbonyl (C=O) groups excluding carboxylic acids is 1. The van der Waals surface area contributed by atoms with Crippen LogP contribution in [-0.2, 0) is 20.2 Å². The molecule has 152 valence electrons. The molecule has 1 fully saturated rings. The highest BCUT2D eigenvalue weighted by Gasteiger charge is 2.49. The van der Waals surface area contributed by atoms with Crippen LogP contribution in [0.5, 0.6) is 0 Å². The van der Waals surface area contributed by atoms with Crippen LogP contribution in [0.15, 0.2) is 41.3 Å². The molecule has 1 unspecified atom stereocenters. The van der Waals surface area contributed by atoms with Gasteiger partial charge in [-0.25, -0.2) is 8.42 Å². The van der Waals surface area contributed by atoms with Crippen molar-refractivity contribution in [3.8, 4) is 6.07 Å². The number of sulfone groups is 1. The smallest absolute Gasteiger partial charge is 0.239 e. The fourth-order valence-corrected chi connectivity index (χ4v) is 5.43. The molecule has 2 N–H and O–H groups in total. The van der Waals surface area contributed by atoms with Gasteiger partial charge in [0.15, 0.2) is 15.8 Å². The topological polar surface area (TPSA) is 114 Å². The molecule has 1 aliphatic heterocycles. The summed E-state index contributed by atoms with van der Waals surface area (Å²) in [5.74, 6) is -0.995. The predicted molar refractivity (Wildman–Crippen MR) is 112 cm³/mol. The zero-order chi connectivity index (χ0) is 21.6. The number of hydrogen-bond acceptors (Lipinski definition) is 6. The highest BCUT2D eigenvalue weighted by molar-refractivity contribution is 7.92. The lowest BCUT2D eigenvalue weighted by Gasteiger charge is -2.45. The number of thiophene rings is 1. The third-order valence-electron chi connectivity index (χ3n) is 5.26. The van der Waals surface area contributed by atoms with E-state index >= 15 is 0 Å². The SMILES string of the molecule is CC(C)S(=O)(=O)c1ccc(C2C(=O)N(C)C(=N)N[C@]2(C)c2ccc(C#N)s2)cc1. The maximum absolute atomic E-state index is 13.2. The molecule has 0 bridgehead atoms. The normalized spacial score (nSPS) is 22.5. The van der Waals surface area contributed by atoms with Crippen molar-refractivity contribution in [2.75, 3.05) is 7.05 Å². The zero-order valence-electron chi connectivity index (χ0n) is 16.6. The van der Waals surface area contributed by atoms with E-state index in [0.717, 1.165) is 4.88 Å². The molecule has 9 heteroatoms. The number of amides is 1. The van der Waals surface area contributed by atoms with Crippen LogP contribution >= 0.6 is 11.3 Å². The van der Waals surface area contributed by atoms with Crippen LogP contribution in [-0.4, -0.2) is 37.5 Å². The molecule has 0 aliphatic carbocycles. The third-order valence-corrected chi connectivity index (χ3v) is 8.66. The molecule has 2 aromatic rings. The van der Waals surface area contributed by atoms with Crippen molar-refractivity contribution < 1.29 is 13.2 Å². The van der Waals surface area contributed by atoms with Gasteiger partial charge in [0, 0.05) is 11.9 Å². The Morgan fingerprint density at radius 3 is 2.38 bits per heavy atom. The number of benzene rings is 1. The van der Waals surface area contributed by atoms with E-state index in [1.807, 2.05) is 6.92 Å². The number of likely N-dealkylation sites (N-methyl/N-ethyl adjacent to an activating group) is 1. The average molecular weight is 431 g/mol. The van der Waals surface area contributed by atoms with Crippen molar-refractivity contribution in [2.45, 2.75) is 42.4 Å². The van der Waals surface area contributed by atoms with Gasteiger partial charge in [-0.2, -0.15) is 5.26 Å². The molecule has 1 aromatic heterocycles. The molecule has 0 spiro atoms. The van der Waals surface area contributed by atoms with Crippen molar-refractivity contribution >= 4 is 33.0 Å². The molecule has 1 aromatic carbocycles. The first-order valence-corrected chi connectivity index (χ1v) is 11.4. The van der Waals surface area contributed by atoms with E-state index in [2.05, 4.69) is 11.4 Å². The Labute approximate surface area is 174 Å². The van der Waals surface area contributed by atoms with Crippen LogP contribution in [0.2, 0.25) is 0 Å². The minimum Gasteiger partial charge on any atom is -0.345 e. The Morgan fingerprint density at radius 2 is 1.86 bits per heavy atom. The highest BCUT2D eigenvalue weighted by Crippen LogP contribution is 2.43. The highest BCUT2D eigenvalue weighted by atomic mass is 32.2. The first-order chi connectivity index (χ1) is 13.5. The molecular formula is C20H22N4O3S2. The standard InChI is InChI=1S/C20H22N4O3S2/c1-12(2)29(26,27)15-8-5-13(6-9-15)17-18(25)24(4)19(22)23-20(17,3)16-10-7-14(11-21)28-16/h5-10,12,17H,1-4H3,(H2,22,23)/t17?,20-/m1/s1. The number of carbonyl (C=O) groups is 1. The first-order valence-electron chi connectivity index (χ1n) is 9.01. The van der Waals surface area contributed by atoms with Gasteiger partial charge in [0.25, 0.3) is 0 Å². The van der Waals surface area contributed by atoms with Crippen molar-refractivity contribution in [1.82, 2.24) is 10.2 Å². The Hall–Kier alpha value is -2.70. The molecule has 7 nitrogen and oxygen atoms in total. The largest absolute Gasteiger partial charge is 0.345 e. The van der Waals surface area contributed by atoms with Gasteiger partial charge in [0.1, 0.15) is 10.9 Å². The van der Waals surface area contributed by atoms with E-state index in [0.29, 0.717) is 10.4 Å². The van der Waals surface area contributed by atoms with Gasteiger partial charge in [-0.05, 0) is 50.6 Å². The third kappa shape index (κ3) is 3.43.